The van der Waals surface area contributed by atoms with Crippen molar-refractivity contribution in [2.24, 2.45) is 7.05 Å². The smallest absolute Gasteiger partial charge is 0.0492 e. The van der Waals surface area contributed by atoms with E-state index in [0.29, 0.717) is 6.04 Å². The Morgan fingerprint density at radius 3 is 3.06 bits per heavy atom. The Balaban J connectivity index is 1.61. The molecule has 0 spiro atoms. The molecule has 0 bridgehead atoms. The highest BCUT2D eigenvalue weighted by Crippen LogP contribution is 2.26. The predicted octanol–water partition coefficient (Wildman–Crippen LogP) is 2.78. The minimum Gasteiger partial charge on any atom is -0.382 e. The molecule has 0 saturated heterocycles. The van der Waals surface area contributed by atoms with Crippen molar-refractivity contribution >= 4 is 5.69 Å². The Kier molecular flexibility index (Phi) is 3.05. The van der Waals surface area contributed by atoms with Crippen LogP contribution in [0.25, 0.3) is 0 Å². The van der Waals surface area contributed by atoms with Gasteiger partial charge in [0.25, 0.3) is 0 Å². The summed E-state index contributed by atoms with van der Waals surface area (Å²) in [6.45, 7) is 0. The van der Waals surface area contributed by atoms with Gasteiger partial charge in [-0.25, -0.2) is 0 Å². The molecule has 1 aromatic heterocycles. The highest BCUT2D eigenvalue weighted by molar-refractivity contribution is 5.53. The van der Waals surface area contributed by atoms with E-state index in [1.54, 1.807) is 0 Å². The van der Waals surface area contributed by atoms with E-state index in [9.17, 15) is 0 Å². The summed E-state index contributed by atoms with van der Waals surface area (Å²) in [5, 5.41) is 7.86. The normalized spacial score (nSPS) is 18.2. The van der Waals surface area contributed by atoms with Gasteiger partial charge < -0.3 is 5.32 Å². The number of nitrogens with zero attached hydrogens (tertiary/aromatic N) is 2. The highest BCUT2D eigenvalue weighted by atomic mass is 15.2. The van der Waals surface area contributed by atoms with Crippen LogP contribution in [0.15, 0.2) is 36.5 Å². The van der Waals surface area contributed by atoms with Crippen molar-refractivity contribution in [3.8, 4) is 0 Å². The molecule has 0 amide bonds. The Labute approximate surface area is 108 Å². The molecule has 1 aliphatic heterocycles. The zero-order valence-electron chi connectivity index (χ0n) is 10.8. The number of fused-ring (bicyclic) bond motifs is 1. The number of rotatable bonds is 3. The quantitative estimate of drug-likeness (QED) is 0.895. The zero-order chi connectivity index (χ0) is 12.4. The van der Waals surface area contributed by atoms with E-state index in [1.807, 2.05) is 17.9 Å². The van der Waals surface area contributed by atoms with Crippen molar-refractivity contribution < 1.29 is 0 Å². The number of hydrogen-bond acceptors (Lipinski definition) is 2. The summed E-state index contributed by atoms with van der Waals surface area (Å²) >= 11 is 0. The Hall–Kier alpha value is -1.77. The second-order valence-electron chi connectivity index (χ2n) is 5.02. The largest absolute Gasteiger partial charge is 0.382 e. The van der Waals surface area contributed by atoms with Gasteiger partial charge in [-0.3, -0.25) is 4.68 Å². The van der Waals surface area contributed by atoms with Crippen molar-refractivity contribution in [1.82, 2.24) is 9.78 Å². The lowest BCUT2D eigenvalue weighted by molar-refractivity contribution is 0.569. The fourth-order valence-electron chi connectivity index (χ4n) is 2.69. The number of aromatic nitrogens is 2. The number of para-hydroxylation sites is 1. The molecule has 0 radical (unpaired) electrons. The van der Waals surface area contributed by atoms with Crippen molar-refractivity contribution in [2.75, 3.05) is 5.32 Å². The Morgan fingerprint density at radius 1 is 1.33 bits per heavy atom. The monoisotopic (exact) mass is 241 g/mol. The van der Waals surface area contributed by atoms with Crippen molar-refractivity contribution in [3.05, 3.63) is 47.8 Å². The molecule has 1 N–H and O–H groups in total. The van der Waals surface area contributed by atoms with Crippen LogP contribution in [0.5, 0.6) is 0 Å². The maximum atomic E-state index is 4.21. The van der Waals surface area contributed by atoms with Gasteiger partial charge >= 0.3 is 0 Å². The van der Waals surface area contributed by atoms with Gasteiger partial charge in [0.1, 0.15) is 0 Å². The van der Waals surface area contributed by atoms with Crippen LogP contribution in [0.4, 0.5) is 5.69 Å². The molecule has 18 heavy (non-hydrogen) atoms. The first-order valence-electron chi connectivity index (χ1n) is 6.64. The molecular weight excluding hydrogens is 222 g/mol. The van der Waals surface area contributed by atoms with Gasteiger partial charge in [0.2, 0.25) is 0 Å². The molecule has 3 heteroatoms. The standard InChI is InChI=1S/C15H19N3/c1-18-14(10-11-16-18)9-8-13-7-6-12-4-2-3-5-15(12)17-13/h2-5,10-11,13,17H,6-9H2,1H3. The third-order valence-corrected chi connectivity index (χ3v) is 3.81. The van der Waals surface area contributed by atoms with E-state index < -0.39 is 0 Å². The van der Waals surface area contributed by atoms with Crippen LogP contribution < -0.4 is 5.32 Å². The Morgan fingerprint density at radius 2 is 2.22 bits per heavy atom. The lowest BCUT2D eigenvalue weighted by atomic mass is 9.95. The van der Waals surface area contributed by atoms with E-state index in [0.717, 1.165) is 6.42 Å². The molecule has 3 rings (SSSR count). The second-order valence-corrected chi connectivity index (χ2v) is 5.02. The molecule has 1 unspecified atom stereocenters. The van der Waals surface area contributed by atoms with E-state index in [4.69, 9.17) is 0 Å². The number of benzene rings is 1. The average Bonchev–Trinajstić information content (AvgIpc) is 2.82. The van der Waals surface area contributed by atoms with Crippen molar-refractivity contribution in [3.63, 3.8) is 0 Å². The molecule has 0 saturated carbocycles. The van der Waals surface area contributed by atoms with E-state index in [1.165, 1.54) is 36.2 Å². The van der Waals surface area contributed by atoms with Gasteiger partial charge in [-0.15, -0.1) is 0 Å². The fraction of sp³-hybridized carbons (Fsp3) is 0.400. The fourth-order valence-corrected chi connectivity index (χ4v) is 2.69. The minimum atomic E-state index is 0.592. The first-order chi connectivity index (χ1) is 8.83. The summed E-state index contributed by atoms with van der Waals surface area (Å²) in [4.78, 5) is 0. The van der Waals surface area contributed by atoms with Crippen LogP contribution in [0.1, 0.15) is 24.1 Å². The lowest BCUT2D eigenvalue weighted by Crippen LogP contribution is -2.26. The average molecular weight is 241 g/mol. The van der Waals surface area contributed by atoms with Crippen LogP contribution in [0, 0.1) is 0 Å². The molecule has 1 atom stereocenters. The molecule has 3 nitrogen and oxygen atoms in total. The van der Waals surface area contributed by atoms with Gasteiger partial charge in [-0.1, -0.05) is 18.2 Å². The maximum absolute atomic E-state index is 4.21. The molecule has 2 aromatic rings. The van der Waals surface area contributed by atoms with Crippen LogP contribution in [-0.2, 0) is 19.9 Å². The summed E-state index contributed by atoms with van der Waals surface area (Å²) in [7, 11) is 2.01. The predicted molar refractivity (Wildman–Crippen MR) is 73.7 cm³/mol. The van der Waals surface area contributed by atoms with E-state index >= 15 is 0 Å². The highest BCUT2D eigenvalue weighted by Gasteiger charge is 2.17. The second kappa shape index (κ2) is 4.84. The first kappa shape index (κ1) is 11.3. The van der Waals surface area contributed by atoms with E-state index in [2.05, 4.69) is 40.7 Å². The summed E-state index contributed by atoms with van der Waals surface area (Å²) < 4.78 is 1.97. The van der Waals surface area contributed by atoms with Crippen molar-refractivity contribution in [2.45, 2.75) is 31.7 Å². The van der Waals surface area contributed by atoms with Gasteiger partial charge in [0, 0.05) is 30.7 Å². The third kappa shape index (κ3) is 2.26. The topological polar surface area (TPSA) is 29.9 Å². The summed E-state index contributed by atoms with van der Waals surface area (Å²) in [5.41, 5.74) is 4.09. The molecule has 0 aliphatic carbocycles. The van der Waals surface area contributed by atoms with Crippen LogP contribution >= 0.6 is 0 Å². The molecule has 94 valence electrons. The molecule has 2 heterocycles. The lowest BCUT2D eigenvalue weighted by Gasteiger charge is -2.27. The molecular formula is C15H19N3. The number of hydrogen-bond donors (Lipinski definition) is 1. The number of nitrogens with one attached hydrogen (secondary N) is 1. The van der Waals surface area contributed by atoms with Gasteiger partial charge in [-0.05, 0) is 43.4 Å². The summed E-state index contributed by atoms with van der Waals surface area (Å²) in [5.74, 6) is 0. The molecule has 1 aliphatic rings. The minimum absolute atomic E-state index is 0.592. The SMILES string of the molecule is Cn1nccc1CCC1CCc2ccccc2N1. The third-order valence-electron chi connectivity index (χ3n) is 3.81. The summed E-state index contributed by atoms with van der Waals surface area (Å²) in [6.07, 6.45) is 6.57. The van der Waals surface area contributed by atoms with E-state index in [-0.39, 0.29) is 0 Å². The van der Waals surface area contributed by atoms with Crippen LogP contribution in [0.2, 0.25) is 0 Å². The molecule has 1 aromatic carbocycles. The van der Waals surface area contributed by atoms with Gasteiger partial charge in [0.15, 0.2) is 0 Å². The van der Waals surface area contributed by atoms with Crippen LogP contribution in [0.3, 0.4) is 0 Å². The Bertz CT molecular complexity index is 530. The van der Waals surface area contributed by atoms with Gasteiger partial charge in [0.05, 0.1) is 0 Å². The molecule has 0 fully saturated rings. The van der Waals surface area contributed by atoms with Crippen LogP contribution in [-0.4, -0.2) is 15.8 Å². The zero-order valence-corrected chi connectivity index (χ0v) is 10.8. The number of aryl methyl sites for hydroxylation is 3. The van der Waals surface area contributed by atoms with Crippen molar-refractivity contribution in [1.29, 1.82) is 0 Å². The first-order valence-corrected chi connectivity index (χ1v) is 6.64. The van der Waals surface area contributed by atoms with Gasteiger partial charge in [-0.2, -0.15) is 5.10 Å². The maximum Gasteiger partial charge on any atom is 0.0492 e. The number of anilines is 1. The summed E-state index contributed by atoms with van der Waals surface area (Å²) in [6, 6.07) is 11.3.